The van der Waals surface area contributed by atoms with Gasteiger partial charge in [-0.05, 0) is 18.2 Å². The molecule has 160 valence electrons. The monoisotopic (exact) mass is 447 g/mol. The lowest BCUT2D eigenvalue weighted by molar-refractivity contribution is -0.274. The Bertz CT molecular complexity index is 1060. The van der Waals surface area contributed by atoms with Gasteiger partial charge in [0.25, 0.3) is 0 Å². The average Bonchev–Trinajstić information content (AvgIpc) is 3.03. The van der Waals surface area contributed by atoms with Gasteiger partial charge in [0.1, 0.15) is 23.4 Å². The second-order valence-electron chi connectivity index (χ2n) is 6.04. The first-order valence-corrected chi connectivity index (χ1v) is 9.17. The third-order valence-electron chi connectivity index (χ3n) is 3.73. The Hall–Kier alpha value is -2.83. The van der Waals surface area contributed by atoms with Crippen molar-refractivity contribution in [2.75, 3.05) is 11.9 Å². The van der Waals surface area contributed by atoms with Crippen molar-refractivity contribution in [2.24, 2.45) is 5.73 Å². The van der Waals surface area contributed by atoms with Gasteiger partial charge in [0, 0.05) is 17.7 Å². The highest BCUT2D eigenvalue weighted by Crippen LogP contribution is 2.31. The zero-order valence-electron chi connectivity index (χ0n) is 15.0. The number of hydrogen-bond donors (Lipinski definition) is 2. The summed E-state index contributed by atoms with van der Waals surface area (Å²) in [7, 11) is 0. The number of nitrogens with one attached hydrogen (secondary N) is 1. The molecular formula is C18H14F5N3O3S. The van der Waals surface area contributed by atoms with Crippen LogP contribution in [0.5, 0.6) is 5.75 Å². The Morgan fingerprint density at radius 3 is 2.67 bits per heavy atom. The number of aromatic nitrogens is 1. The van der Waals surface area contributed by atoms with Crippen molar-refractivity contribution in [1.29, 1.82) is 0 Å². The number of hydrogen-bond acceptors (Lipinski definition) is 6. The highest BCUT2D eigenvalue weighted by molar-refractivity contribution is 7.22. The van der Waals surface area contributed by atoms with Crippen LogP contribution in [0.15, 0.2) is 36.4 Å². The molecule has 0 saturated heterocycles. The Kier molecular flexibility index (Phi) is 6.48. The molecular weight excluding hydrogens is 433 g/mol. The number of nitrogens with zero attached hydrogens (tertiary/aromatic N) is 1. The maximum absolute atomic E-state index is 13.5. The lowest BCUT2D eigenvalue weighted by Crippen LogP contribution is -2.39. The molecule has 1 amide bonds. The van der Waals surface area contributed by atoms with Crippen molar-refractivity contribution in [3.05, 3.63) is 53.6 Å². The van der Waals surface area contributed by atoms with E-state index in [-0.39, 0.29) is 23.9 Å². The Labute approximate surface area is 170 Å². The van der Waals surface area contributed by atoms with Gasteiger partial charge in [-0.1, -0.05) is 17.4 Å². The summed E-state index contributed by atoms with van der Waals surface area (Å²) >= 11 is 0.935. The van der Waals surface area contributed by atoms with E-state index in [0.717, 1.165) is 29.5 Å². The number of rotatable bonds is 7. The third-order valence-corrected chi connectivity index (χ3v) is 4.66. The number of carbonyl (C=O) groups is 1. The van der Waals surface area contributed by atoms with Crippen molar-refractivity contribution in [2.45, 2.75) is 19.0 Å². The van der Waals surface area contributed by atoms with E-state index in [1.807, 2.05) is 0 Å². The predicted molar refractivity (Wildman–Crippen MR) is 98.9 cm³/mol. The van der Waals surface area contributed by atoms with Gasteiger partial charge in [-0.15, -0.1) is 13.2 Å². The molecule has 6 nitrogen and oxygen atoms in total. The standard InChI is InChI=1S/C18H14F5N3O3S/c19-10-2-1-9(12(20)5-10)7-28-8-13(24)16(27)26-17-25-14-4-3-11(6-15(14)30-17)29-18(21,22)23/h1-6,13H,7-8,24H2,(H,25,26,27). The number of ether oxygens (including phenoxy) is 2. The van der Waals surface area contributed by atoms with Crippen LogP contribution in [0.25, 0.3) is 10.2 Å². The zero-order chi connectivity index (χ0) is 21.9. The van der Waals surface area contributed by atoms with Gasteiger partial charge in [-0.25, -0.2) is 13.8 Å². The summed E-state index contributed by atoms with van der Waals surface area (Å²) in [5, 5.41) is 2.57. The average molecular weight is 447 g/mol. The molecule has 2 aromatic carbocycles. The van der Waals surface area contributed by atoms with Gasteiger partial charge < -0.3 is 20.5 Å². The molecule has 1 aromatic heterocycles. The molecule has 0 radical (unpaired) electrons. The van der Waals surface area contributed by atoms with E-state index in [1.165, 1.54) is 12.1 Å². The summed E-state index contributed by atoms with van der Waals surface area (Å²) in [5.41, 5.74) is 6.19. The van der Waals surface area contributed by atoms with Crippen LogP contribution in [0.2, 0.25) is 0 Å². The maximum Gasteiger partial charge on any atom is 0.573 e. The van der Waals surface area contributed by atoms with Gasteiger partial charge in [0.15, 0.2) is 5.13 Å². The summed E-state index contributed by atoms with van der Waals surface area (Å²) in [5.74, 6) is -2.56. The van der Waals surface area contributed by atoms with Crippen LogP contribution in [0.1, 0.15) is 5.56 Å². The Balaban J connectivity index is 1.56. The number of carbonyl (C=O) groups excluding carboxylic acids is 1. The van der Waals surface area contributed by atoms with Crippen LogP contribution < -0.4 is 15.8 Å². The predicted octanol–water partition coefficient (Wildman–Crippen LogP) is 3.96. The molecule has 0 spiro atoms. The lowest BCUT2D eigenvalue weighted by atomic mass is 10.2. The molecule has 3 aromatic rings. The minimum atomic E-state index is -4.82. The topological polar surface area (TPSA) is 86.5 Å². The molecule has 0 aliphatic rings. The molecule has 3 rings (SSSR count). The Morgan fingerprint density at radius 2 is 1.97 bits per heavy atom. The summed E-state index contributed by atoms with van der Waals surface area (Å²) < 4.78 is 72.7. The highest BCUT2D eigenvalue weighted by atomic mass is 32.1. The molecule has 0 saturated carbocycles. The van der Waals surface area contributed by atoms with Crippen molar-refractivity contribution in [3.8, 4) is 5.75 Å². The summed E-state index contributed by atoms with van der Waals surface area (Å²) in [4.78, 5) is 16.2. The first kappa shape index (κ1) is 21.9. The smallest absolute Gasteiger partial charge is 0.406 e. The van der Waals surface area contributed by atoms with Crippen molar-refractivity contribution < 1.29 is 36.2 Å². The molecule has 1 unspecified atom stereocenters. The number of anilines is 1. The van der Waals surface area contributed by atoms with Crippen LogP contribution in [0.4, 0.5) is 27.1 Å². The van der Waals surface area contributed by atoms with Crippen molar-refractivity contribution >= 4 is 32.6 Å². The molecule has 30 heavy (non-hydrogen) atoms. The zero-order valence-corrected chi connectivity index (χ0v) is 15.8. The van der Waals surface area contributed by atoms with E-state index in [1.54, 1.807) is 0 Å². The molecule has 0 aliphatic carbocycles. The molecule has 0 fully saturated rings. The second-order valence-corrected chi connectivity index (χ2v) is 7.07. The van der Waals surface area contributed by atoms with Crippen molar-refractivity contribution in [1.82, 2.24) is 4.98 Å². The summed E-state index contributed by atoms with van der Waals surface area (Å²) in [6.45, 7) is -0.465. The normalized spacial score (nSPS) is 12.7. The number of alkyl halides is 3. The molecule has 3 N–H and O–H groups in total. The van der Waals surface area contributed by atoms with E-state index in [0.29, 0.717) is 16.3 Å². The minimum absolute atomic E-state index is 0.104. The SMILES string of the molecule is NC(COCc1ccc(F)cc1F)C(=O)Nc1nc2ccc(OC(F)(F)F)cc2s1. The Morgan fingerprint density at radius 1 is 1.20 bits per heavy atom. The van der Waals surface area contributed by atoms with Gasteiger partial charge in [0.2, 0.25) is 5.91 Å². The number of halogens is 5. The van der Waals surface area contributed by atoms with Gasteiger partial charge in [-0.3, -0.25) is 4.79 Å². The van der Waals surface area contributed by atoms with Gasteiger partial charge in [0.05, 0.1) is 23.4 Å². The summed E-state index contributed by atoms with van der Waals surface area (Å²) in [6, 6.07) is 5.46. The van der Waals surface area contributed by atoms with Crippen LogP contribution in [-0.2, 0) is 16.1 Å². The number of fused-ring (bicyclic) bond motifs is 1. The maximum atomic E-state index is 13.5. The van der Waals surface area contributed by atoms with Crippen LogP contribution in [0.3, 0.4) is 0 Å². The van der Waals surface area contributed by atoms with Gasteiger partial charge >= 0.3 is 6.36 Å². The van der Waals surface area contributed by atoms with Crippen LogP contribution >= 0.6 is 11.3 Å². The molecule has 12 heteroatoms. The lowest BCUT2D eigenvalue weighted by Gasteiger charge is -2.11. The number of thiazole rings is 1. The van der Waals surface area contributed by atoms with E-state index in [9.17, 15) is 26.7 Å². The van der Waals surface area contributed by atoms with Gasteiger partial charge in [-0.2, -0.15) is 0 Å². The van der Waals surface area contributed by atoms with Crippen molar-refractivity contribution in [3.63, 3.8) is 0 Å². The second kappa shape index (κ2) is 8.90. The molecule has 0 aliphatic heterocycles. The fourth-order valence-electron chi connectivity index (χ4n) is 2.36. The molecule has 1 heterocycles. The van der Waals surface area contributed by atoms with E-state index in [4.69, 9.17) is 10.5 Å². The molecule has 0 bridgehead atoms. The van der Waals surface area contributed by atoms with E-state index in [2.05, 4.69) is 15.0 Å². The highest BCUT2D eigenvalue weighted by Gasteiger charge is 2.31. The van der Waals surface area contributed by atoms with Crippen LogP contribution in [0, 0.1) is 11.6 Å². The largest absolute Gasteiger partial charge is 0.573 e. The third kappa shape index (κ3) is 5.84. The number of nitrogens with two attached hydrogens (primary N) is 1. The number of benzene rings is 2. The first-order valence-electron chi connectivity index (χ1n) is 8.35. The van der Waals surface area contributed by atoms with Crippen LogP contribution in [-0.4, -0.2) is 29.9 Å². The number of amides is 1. The van der Waals surface area contributed by atoms with E-state index < -0.39 is 35.7 Å². The fourth-order valence-corrected chi connectivity index (χ4v) is 3.26. The van der Waals surface area contributed by atoms with E-state index >= 15 is 0 Å². The quantitative estimate of drug-likeness (QED) is 0.536. The summed E-state index contributed by atoms with van der Waals surface area (Å²) in [6.07, 6.45) is -4.82. The molecule has 1 atom stereocenters. The fraction of sp³-hybridized carbons (Fsp3) is 0.222. The minimum Gasteiger partial charge on any atom is -0.406 e. The first-order chi connectivity index (χ1) is 14.1.